The molecule has 0 spiro atoms. The van der Waals surface area contributed by atoms with Crippen molar-refractivity contribution >= 4 is 11.9 Å². The summed E-state index contributed by atoms with van der Waals surface area (Å²) in [5.41, 5.74) is 0. The molecule has 0 atom stereocenters. The second kappa shape index (κ2) is 38.7. The highest BCUT2D eigenvalue weighted by atomic mass is 16.5. The number of amides is 1. The fourth-order valence-electron chi connectivity index (χ4n) is 5.76. The normalized spacial score (nSPS) is 12.1. The van der Waals surface area contributed by atoms with Crippen LogP contribution in [0.5, 0.6) is 0 Å². The van der Waals surface area contributed by atoms with E-state index in [1.54, 1.807) is 0 Å². The summed E-state index contributed by atoms with van der Waals surface area (Å²) >= 11 is 0. The Morgan fingerprint density at radius 3 is 1.39 bits per heavy atom. The molecule has 0 bridgehead atoms. The van der Waals surface area contributed by atoms with Gasteiger partial charge >= 0.3 is 5.97 Å². The Kier molecular flexibility index (Phi) is 37.0. The van der Waals surface area contributed by atoms with Gasteiger partial charge in [-0.1, -0.05) is 127 Å². The highest BCUT2D eigenvalue weighted by Crippen LogP contribution is 2.12. The molecule has 0 aromatic heterocycles. The molecule has 284 valence electrons. The topological polar surface area (TPSA) is 49.9 Å². The fraction of sp³-hybridized carbons (Fsp3) is 0.773. The Morgan fingerprint density at radius 1 is 0.469 bits per heavy atom. The fourth-order valence-corrected chi connectivity index (χ4v) is 5.76. The first-order valence-corrected chi connectivity index (χ1v) is 20.7. The van der Waals surface area contributed by atoms with Gasteiger partial charge in [-0.3, -0.25) is 9.59 Å². The second-order valence-corrected chi connectivity index (χ2v) is 14.1. The third-order valence-electron chi connectivity index (χ3n) is 8.93. The number of hydrogen-bond acceptors (Lipinski definition) is 4. The van der Waals surface area contributed by atoms with E-state index in [0.29, 0.717) is 26.0 Å². The SMILES string of the molecule is CCCCC/C=C\C/C=C\CCCCCCCC(=O)OCCN(CCCCN(C)C)C(=O)CCCCCCC/C=C\C/C=C\CCCCC. The average molecular weight is 685 g/mol. The number of rotatable bonds is 36. The van der Waals surface area contributed by atoms with Crippen LogP contribution < -0.4 is 0 Å². The van der Waals surface area contributed by atoms with E-state index >= 15 is 0 Å². The molecule has 49 heavy (non-hydrogen) atoms. The maximum absolute atomic E-state index is 13.1. The Labute approximate surface area is 305 Å². The number of allylic oxidation sites excluding steroid dienone is 8. The number of carbonyl (C=O) groups is 2. The van der Waals surface area contributed by atoms with Crippen molar-refractivity contribution in [2.24, 2.45) is 0 Å². The lowest BCUT2D eigenvalue weighted by molar-refractivity contribution is -0.146. The van der Waals surface area contributed by atoms with Gasteiger partial charge in [0.05, 0.1) is 6.54 Å². The molecular formula is C44H80N2O3. The van der Waals surface area contributed by atoms with Gasteiger partial charge in [-0.2, -0.15) is 0 Å². The first-order valence-electron chi connectivity index (χ1n) is 20.7. The van der Waals surface area contributed by atoms with Crippen molar-refractivity contribution in [2.45, 2.75) is 181 Å². The molecule has 0 aliphatic carbocycles. The molecule has 5 heteroatoms. The smallest absolute Gasteiger partial charge is 0.305 e. The molecule has 0 aromatic carbocycles. The zero-order chi connectivity index (χ0) is 35.9. The molecule has 0 aromatic rings. The van der Waals surface area contributed by atoms with Gasteiger partial charge in [0.25, 0.3) is 0 Å². The van der Waals surface area contributed by atoms with Crippen LogP contribution in [0.3, 0.4) is 0 Å². The summed E-state index contributed by atoms with van der Waals surface area (Å²) in [6.45, 7) is 7.08. The van der Waals surface area contributed by atoms with Gasteiger partial charge in [0.1, 0.15) is 6.61 Å². The summed E-state index contributed by atoms with van der Waals surface area (Å²) in [6, 6.07) is 0. The zero-order valence-electron chi connectivity index (χ0n) is 33.0. The van der Waals surface area contributed by atoms with Crippen molar-refractivity contribution in [1.82, 2.24) is 9.80 Å². The van der Waals surface area contributed by atoms with Crippen LogP contribution >= 0.6 is 0 Å². The number of nitrogens with zero attached hydrogens (tertiary/aromatic N) is 2. The Morgan fingerprint density at radius 2 is 0.898 bits per heavy atom. The Bertz CT molecular complexity index is 845. The standard InChI is InChI=1S/C44H80N2O3/c1-5-7-9-11-13-15-17-19-21-23-25-27-29-31-33-37-43(47)46(40-36-35-39-45(3)4)41-42-49-44(48)38-34-32-30-28-26-24-22-20-18-16-14-12-10-8-6-2/h13-16,19-22H,5-12,17-18,23-42H2,1-4H3/b15-13-,16-14-,21-19-,22-20-. The third-order valence-corrected chi connectivity index (χ3v) is 8.93. The van der Waals surface area contributed by atoms with Gasteiger partial charge < -0.3 is 14.5 Å². The quantitative estimate of drug-likeness (QED) is 0.0374. The predicted molar refractivity (Wildman–Crippen MR) is 214 cm³/mol. The highest BCUT2D eigenvalue weighted by molar-refractivity contribution is 5.76. The molecule has 0 unspecified atom stereocenters. The van der Waals surface area contributed by atoms with Crippen LogP contribution in [0.2, 0.25) is 0 Å². The molecule has 0 aliphatic rings. The summed E-state index contributed by atoms with van der Waals surface area (Å²) in [5, 5.41) is 0. The minimum Gasteiger partial charge on any atom is -0.464 e. The Balaban J connectivity index is 4.05. The lowest BCUT2D eigenvalue weighted by Crippen LogP contribution is -2.35. The van der Waals surface area contributed by atoms with Gasteiger partial charge in [0, 0.05) is 19.4 Å². The van der Waals surface area contributed by atoms with Gasteiger partial charge in [0.15, 0.2) is 0 Å². The van der Waals surface area contributed by atoms with Crippen LogP contribution in [0, 0.1) is 0 Å². The third kappa shape index (κ3) is 37.0. The van der Waals surface area contributed by atoms with Crippen molar-refractivity contribution in [3.05, 3.63) is 48.6 Å². The summed E-state index contributed by atoms with van der Waals surface area (Å²) < 4.78 is 5.55. The first kappa shape index (κ1) is 46.9. The van der Waals surface area contributed by atoms with Crippen molar-refractivity contribution < 1.29 is 14.3 Å². The lowest BCUT2D eigenvalue weighted by Gasteiger charge is -2.23. The molecule has 0 rings (SSSR count). The van der Waals surface area contributed by atoms with E-state index in [9.17, 15) is 9.59 Å². The molecule has 1 amide bonds. The van der Waals surface area contributed by atoms with Crippen molar-refractivity contribution in [3.8, 4) is 0 Å². The molecule has 5 nitrogen and oxygen atoms in total. The highest BCUT2D eigenvalue weighted by Gasteiger charge is 2.14. The molecule has 0 fully saturated rings. The maximum Gasteiger partial charge on any atom is 0.305 e. The van der Waals surface area contributed by atoms with Crippen LogP contribution in [-0.4, -0.2) is 62.0 Å². The molecule has 0 radical (unpaired) electrons. The lowest BCUT2D eigenvalue weighted by atomic mass is 10.1. The first-order chi connectivity index (χ1) is 24.0. The molecule has 0 heterocycles. The second-order valence-electron chi connectivity index (χ2n) is 14.1. The van der Waals surface area contributed by atoms with Gasteiger partial charge in [0.2, 0.25) is 5.91 Å². The van der Waals surface area contributed by atoms with Crippen molar-refractivity contribution in [3.63, 3.8) is 0 Å². The van der Waals surface area contributed by atoms with Crippen LogP contribution in [0.15, 0.2) is 48.6 Å². The summed E-state index contributed by atoms with van der Waals surface area (Å²) in [7, 11) is 4.17. The average Bonchev–Trinajstić information content (AvgIpc) is 3.09. The molecular weight excluding hydrogens is 604 g/mol. The number of unbranched alkanes of at least 4 members (excludes halogenated alkanes) is 17. The van der Waals surface area contributed by atoms with E-state index < -0.39 is 0 Å². The monoisotopic (exact) mass is 685 g/mol. The number of hydrogen-bond donors (Lipinski definition) is 0. The van der Waals surface area contributed by atoms with Crippen molar-refractivity contribution in [2.75, 3.05) is 40.3 Å². The summed E-state index contributed by atoms with van der Waals surface area (Å²) in [4.78, 5) is 29.5. The predicted octanol–water partition coefficient (Wildman–Crippen LogP) is 12.3. The maximum atomic E-state index is 13.1. The van der Waals surface area contributed by atoms with E-state index in [1.165, 1.54) is 89.9 Å². The van der Waals surface area contributed by atoms with E-state index in [1.807, 2.05) is 4.90 Å². The van der Waals surface area contributed by atoms with E-state index in [0.717, 1.165) is 77.3 Å². The van der Waals surface area contributed by atoms with Crippen molar-refractivity contribution in [1.29, 1.82) is 0 Å². The van der Waals surface area contributed by atoms with Gasteiger partial charge in [-0.15, -0.1) is 0 Å². The molecule has 0 saturated carbocycles. The van der Waals surface area contributed by atoms with Crippen LogP contribution in [-0.2, 0) is 14.3 Å². The minimum atomic E-state index is -0.126. The van der Waals surface area contributed by atoms with Crippen LogP contribution in [0.1, 0.15) is 181 Å². The van der Waals surface area contributed by atoms with E-state index in [2.05, 4.69) is 81.5 Å². The Hall–Kier alpha value is -2.14. The molecule has 0 N–H and O–H groups in total. The largest absolute Gasteiger partial charge is 0.464 e. The van der Waals surface area contributed by atoms with Crippen LogP contribution in [0.25, 0.3) is 0 Å². The van der Waals surface area contributed by atoms with Crippen LogP contribution in [0.4, 0.5) is 0 Å². The van der Waals surface area contributed by atoms with Gasteiger partial charge in [-0.25, -0.2) is 0 Å². The molecule has 0 saturated heterocycles. The van der Waals surface area contributed by atoms with E-state index in [-0.39, 0.29) is 11.9 Å². The minimum absolute atomic E-state index is 0.126. The zero-order valence-corrected chi connectivity index (χ0v) is 33.0. The summed E-state index contributed by atoms with van der Waals surface area (Å²) in [5.74, 6) is 0.0831. The number of carbonyl (C=O) groups excluding carboxylic acids is 2. The summed E-state index contributed by atoms with van der Waals surface area (Å²) in [6.07, 6.45) is 47.4. The number of esters is 1. The van der Waals surface area contributed by atoms with E-state index in [4.69, 9.17) is 4.74 Å². The number of ether oxygens (including phenoxy) is 1. The molecule has 0 aliphatic heterocycles. The van der Waals surface area contributed by atoms with Gasteiger partial charge in [-0.05, 0) is 111 Å².